The second-order valence-corrected chi connectivity index (χ2v) is 7.75. The lowest BCUT2D eigenvalue weighted by Gasteiger charge is -2.23. The van der Waals surface area contributed by atoms with E-state index < -0.39 is 0 Å². The number of benzene rings is 2. The molecule has 4 rings (SSSR count). The van der Waals surface area contributed by atoms with Gasteiger partial charge in [-0.15, -0.1) is 0 Å². The van der Waals surface area contributed by atoms with E-state index in [0.29, 0.717) is 18.3 Å². The fraction of sp³-hybridized carbons (Fsp3) is 0.333. The van der Waals surface area contributed by atoms with Crippen molar-refractivity contribution in [2.24, 2.45) is 0 Å². The minimum Gasteiger partial charge on any atom is -0.497 e. The van der Waals surface area contributed by atoms with Crippen LogP contribution in [0.3, 0.4) is 0 Å². The summed E-state index contributed by atoms with van der Waals surface area (Å²) in [6.45, 7) is 4.66. The Morgan fingerprint density at radius 3 is 2.71 bits per heavy atom. The second kappa shape index (κ2) is 8.75. The Bertz CT molecular complexity index is 913. The molecule has 0 aliphatic carbocycles. The second-order valence-electron chi connectivity index (χ2n) is 6.84. The first-order valence-electron chi connectivity index (χ1n) is 9.41. The Hall–Kier alpha value is -2.38. The van der Waals surface area contributed by atoms with E-state index in [-0.39, 0.29) is 0 Å². The Morgan fingerprint density at radius 2 is 1.93 bits per heavy atom. The van der Waals surface area contributed by atoms with Crippen LogP contribution < -0.4 is 9.64 Å². The van der Waals surface area contributed by atoms with Gasteiger partial charge in [0, 0.05) is 41.9 Å². The maximum atomic E-state index is 5.49. The van der Waals surface area contributed by atoms with Crippen molar-refractivity contribution in [1.82, 2.24) is 15.0 Å². The molecule has 7 heteroatoms. The summed E-state index contributed by atoms with van der Waals surface area (Å²) in [5.74, 6) is 2.18. The van der Waals surface area contributed by atoms with Crippen molar-refractivity contribution in [2.45, 2.75) is 13.0 Å². The van der Waals surface area contributed by atoms with Crippen molar-refractivity contribution in [1.29, 1.82) is 0 Å². The lowest BCUT2D eigenvalue weighted by atomic mass is 10.2. The Kier molecular flexibility index (Phi) is 5.92. The third-order valence-electron chi connectivity index (χ3n) is 4.94. The first kappa shape index (κ1) is 19.0. The molecule has 28 heavy (non-hydrogen) atoms. The molecule has 0 N–H and O–H groups in total. The molecule has 0 amide bonds. The van der Waals surface area contributed by atoms with Gasteiger partial charge in [0.05, 0.1) is 13.7 Å². The molecular formula is C21H23BrN4O2. The van der Waals surface area contributed by atoms with Crippen LogP contribution in [0, 0.1) is 0 Å². The van der Waals surface area contributed by atoms with Crippen LogP contribution in [0.25, 0.3) is 11.4 Å². The van der Waals surface area contributed by atoms with E-state index >= 15 is 0 Å². The summed E-state index contributed by atoms with van der Waals surface area (Å²) in [5.41, 5.74) is 2.18. The van der Waals surface area contributed by atoms with E-state index in [2.05, 4.69) is 48.0 Å². The lowest BCUT2D eigenvalue weighted by molar-refractivity contribution is 0.239. The van der Waals surface area contributed by atoms with Crippen LogP contribution in [0.4, 0.5) is 5.69 Å². The molecule has 0 saturated carbocycles. The summed E-state index contributed by atoms with van der Waals surface area (Å²) in [6.07, 6.45) is 1.10. The SMILES string of the molecule is COc1ccc(N2CCCN(Cc3nc(-c4cccc(Br)c4)no3)CC2)cc1. The van der Waals surface area contributed by atoms with E-state index in [4.69, 9.17) is 9.26 Å². The van der Waals surface area contributed by atoms with E-state index in [9.17, 15) is 0 Å². The van der Waals surface area contributed by atoms with Crippen LogP contribution >= 0.6 is 15.9 Å². The maximum absolute atomic E-state index is 5.49. The maximum Gasteiger partial charge on any atom is 0.241 e. The largest absolute Gasteiger partial charge is 0.497 e. The number of ether oxygens (including phenoxy) is 1. The molecule has 0 spiro atoms. The van der Waals surface area contributed by atoms with Crippen LogP contribution in [0.2, 0.25) is 0 Å². The summed E-state index contributed by atoms with van der Waals surface area (Å²) < 4.78 is 11.7. The number of methoxy groups -OCH3 is 1. The minimum absolute atomic E-state index is 0.631. The highest BCUT2D eigenvalue weighted by Gasteiger charge is 2.18. The predicted octanol–water partition coefficient (Wildman–Crippen LogP) is 4.22. The first-order valence-corrected chi connectivity index (χ1v) is 10.2. The molecule has 0 unspecified atom stereocenters. The molecular weight excluding hydrogens is 420 g/mol. The van der Waals surface area contributed by atoms with Crippen LogP contribution in [0.15, 0.2) is 57.5 Å². The first-order chi connectivity index (χ1) is 13.7. The molecule has 146 valence electrons. The zero-order chi connectivity index (χ0) is 19.3. The van der Waals surface area contributed by atoms with Crippen molar-refractivity contribution >= 4 is 21.6 Å². The molecule has 0 radical (unpaired) electrons. The van der Waals surface area contributed by atoms with E-state index in [1.165, 1.54) is 5.69 Å². The lowest BCUT2D eigenvalue weighted by Crippen LogP contribution is -2.30. The molecule has 6 nitrogen and oxygen atoms in total. The smallest absolute Gasteiger partial charge is 0.241 e. The van der Waals surface area contributed by atoms with E-state index in [0.717, 1.165) is 48.4 Å². The number of hydrogen-bond donors (Lipinski definition) is 0. The average molecular weight is 443 g/mol. The highest BCUT2D eigenvalue weighted by atomic mass is 79.9. The monoisotopic (exact) mass is 442 g/mol. The number of rotatable bonds is 5. The molecule has 3 aromatic rings. The van der Waals surface area contributed by atoms with Crippen molar-refractivity contribution in [3.05, 3.63) is 58.9 Å². The van der Waals surface area contributed by atoms with Gasteiger partial charge in [0.1, 0.15) is 5.75 Å². The molecule has 1 aromatic heterocycles. The Balaban J connectivity index is 1.37. The molecule has 2 heterocycles. The number of aromatic nitrogens is 2. The summed E-state index contributed by atoms with van der Waals surface area (Å²) in [5, 5.41) is 4.14. The van der Waals surface area contributed by atoms with Gasteiger partial charge in [-0.2, -0.15) is 4.98 Å². The fourth-order valence-corrected chi connectivity index (χ4v) is 3.83. The predicted molar refractivity (Wildman–Crippen MR) is 113 cm³/mol. The molecule has 2 aromatic carbocycles. The van der Waals surface area contributed by atoms with E-state index in [1.807, 2.05) is 36.4 Å². The van der Waals surface area contributed by atoms with Crippen LogP contribution in [0.5, 0.6) is 5.75 Å². The summed E-state index contributed by atoms with van der Waals surface area (Å²) in [7, 11) is 1.69. The summed E-state index contributed by atoms with van der Waals surface area (Å²) >= 11 is 3.48. The van der Waals surface area contributed by atoms with Gasteiger partial charge in [-0.3, -0.25) is 4.90 Å². The van der Waals surface area contributed by atoms with Crippen molar-refractivity contribution in [2.75, 3.05) is 38.2 Å². The zero-order valence-corrected chi connectivity index (χ0v) is 17.4. The summed E-state index contributed by atoms with van der Waals surface area (Å²) in [4.78, 5) is 9.37. The molecule has 1 fully saturated rings. The Morgan fingerprint density at radius 1 is 1.07 bits per heavy atom. The number of halogens is 1. The van der Waals surface area contributed by atoms with Gasteiger partial charge in [0.15, 0.2) is 0 Å². The van der Waals surface area contributed by atoms with Crippen molar-refractivity contribution < 1.29 is 9.26 Å². The van der Waals surface area contributed by atoms with Gasteiger partial charge >= 0.3 is 0 Å². The topological polar surface area (TPSA) is 54.6 Å². The summed E-state index contributed by atoms with van der Waals surface area (Å²) in [6, 6.07) is 16.2. The molecule has 1 saturated heterocycles. The highest BCUT2D eigenvalue weighted by Crippen LogP contribution is 2.22. The van der Waals surface area contributed by atoms with Gasteiger partial charge in [-0.05, 0) is 42.8 Å². The van der Waals surface area contributed by atoms with Gasteiger partial charge < -0.3 is 14.2 Å². The molecule has 0 bridgehead atoms. The van der Waals surface area contributed by atoms with Crippen molar-refractivity contribution in [3.8, 4) is 17.1 Å². The Labute approximate surface area is 173 Å². The van der Waals surface area contributed by atoms with Crippen molar-refractivity contribution in [3.63, 3.8) is 0 Å². The third kappa shape index (κ3) is 4.54. The zero-order valence-electron chi connectivity index (χ0n) is 15.8. The minimum atomic E-state index is 0.631. The number of anilines is 1. The van der Waals surface area contributed by atoms with Crippen LogP contribution in [-0.2, 0) is 6.54 Å². The number of nitrogens with zero attached hydrogens (tertiary/aromatic N) is 4. The normalized spacial score (nSPS) is 15.4. The van der Waals surface area contributed by atoms with Gasteiger partial charge in [-0.25, -0.2) is 0 Å². The number of hydrogen-bond acceptors (Lipinski definition) is 6. The molecule has 0 atom stereocenters. The van der Waals surface area contributed by atoms with Crippen LogP contribution in [0.1, 0.15) is 12.3 Å². The molecule has 1 aliphatic heterocycles. The van der Waals surface area contributed by atoms with Crippen LogP contribution in [-0.4, -0.2) is 48.3 Å². The van der Waals surface area contributed by atoms with Gasteiger partial charge in [0.2, 0.25) is 11.7 Å². The quantitative estimate of drug-likeness (QED) is 0.589. The highest BCUT2D eigenvalue weighted by molar-refractivity contribution is 9.10. The standard InChI is InChI=1S/C21H23BrN4O2/c1-27-19-8-6-18(7-9-19)26-11-3-10-25(12-13-26)15-20-23-21(24-28-20)16-4-2-5-17(22)14-16/h2,4-9,14H,3,10-13,15H2,1H3. The van der Waals surface area contributed by atoms with Gasteiger partial charge in [0.25, 0.3) is 0 Å². The third-order valence-corrected chi connectivity index (χ3v) is 5.43. The average Bonchev–Trinajstić information content (AvgIpc) is 3.06. The van der Waals surface area contributed by atoms with E-state index in [1.54, 1.807) is 7.11 Å². The molecule has 1 aliphatic rings. The fourth-order valence-electron chi connectivity index (χ4n) is 3.44. The van der Waals surface area contributed by atoms with Gasteiger partial charge in [-0.1, -0.05) is 33.2 Å².